The molecule has 168 valence electrons. The molecule has 0 amide bonds. The number of hydrogen-bond acceptors (Lipinski definition) is 6. The summed E-state index contributed by atoms with van der Waals surface area (Å²) in [6, 6.07) is 22.7. The van der Waals surface area contributed by atoms with Gasteiger partial charge in [0.05, 0.1) is 11.4 Å². The predicted molar refractivity (Wildman–Crippen MR) is 126 cm³/mol. The van der Waals surface area contributed by atoms with Crippen LogP contribution < -0.4 is 9.47 Å². The van der Waals surface area contributed by atoms with Gasteiger partial charge in [0.25, 0.3) is 0 Å². The monoisotopic (exact) mass is 451 g/mol. The average Bonchev–Trinajstić information content (AvgIpc) is 3.44. The normalized spacial score (nSPS) is 12.4. The minimum Gasteiger partial charge on any atom is -0.508 e. The molecule has 0 aliphatic carbocycles. The molecule has 1 aliphatic heterocycles. The number of nitrogens with zero attached hydrogens (tertiary/aromatic N) is 3. The van der Waals surface area contributed by atoms with Gasteiger partial charge in [-0.15, -0.1) is 0 Å². The summed E-state index contributed by atoms with van der Waals surface area (Å²) in [4.78, 5) is 9.65. The fraction of sp³-hybridized carbons (Fsp3) is 0.111. The molecule has 5 aromatic rings. The summed E-state index contributed by atoms with van der Waals surface area (Å²) in [5.74, 6) is 1.62. The van der Waals surface area contributed by atoms with Gasteiger partial charge < -0.3 is 19.7 Å². The van der Waals surface area contributed by atoms with Crippen LogP contribution in [0.3, 0.4) is 0 Å². The van der Waals surface area contributed by atoms with Crippen molar-refractivity contribution in [2.75, 3.05) is 6.79 Å². The number of benzene rings is 3. The Labute approximate surface area is 195 Å². The quantitative estimate of drug-likeness (QED) is 0.402. The van der Waals surface area contributed by atoms with E-state index in [2.05, 4.69) is 0 Å². The van der Waals surface area contributed by atoms with E-state index in [0.29, 0.717) is 41.4 Å². The van der Waals surface area contributed by atoms with E-state index in [1.807, 2.05) is 54.6 Å². The second-order valence-electron chi connectivity index (χ2n) is 8.23. The van der Waals surface area contributed by atoms with Gasteiger partial charge in [-0.25, -0.2) is 9.97 Å². The molecule has 6 rings (SSSR count). The van der Waals surface area contributed by atoms with Crippen LogP contribution in [0.2, 0.25) is 0 Å². The van der Waals surface area contributed by atoms with Crippen molar-refractivity contribution in [1.82, 2.24) is 14.4 Å². The van der Waals surface area contributed by atoms with Crippen LogP contribution in [-0.2, 0) is 12.8 Å². The first kappa shape index (κ1) is 20.1. The number of ether oxygens (including phenoxy) is 2. The fourth-order valence-electron chi connectivity index (χ4n) is 4.22. The molecule has 0 spiro atoms. The third kappa shape index (κ3) is 3.67. The highest BCUT2D eigenvalue weighted by molar-refractivity contribution is 5.64. The van der Waals surface area contributed by atoms with Gasteiger partial charge in [-0.1, -0.05) is 48.5 Å². The molecule has 0 radical (unpaired) electrons. The van der Waals surface area contributed by atoms with E-state index in [1.165, 1.54) is 0 Å². The van der Waals surface area contributed by atoms with Crippen LogP contribution in [0.4, 0.5) is 0 Å². The number of phenolic OH excluding ortho intramolecular Hbond substituents is 1. The SMILES string of the molecule is Oc1cccc(-c2cn3c(O)c(Cc4ccc5c(c4)OCO5)nc3c(Cc3ccccc3)n2)c1. The smallest absolute Gasteiger partial charge is 0.231 e. The second kappa shape index (κ2) is 8.12. The van der Waals surface area contributed by atoms with E-state index in [-0.39, 0.29) is 18.4 Å². The van der Waals surface area contributed by atoms with Crippen molar-refractivity contribution in [3.8, 4) is 34.4 Å². The van der Waals surface area contributed by atoms with Crippen LogP contribution in [0.5, 0.6) is 23.1 Å². The summed E-state index contributed by atoms with van der Waals surface area (Å²) >= 11 is 0. The van der Waals surface area contributed by atoms with Gasteiger partial charge in [-0.2, -0.15) is 0 Å². The van der Waals surface area contributed by atoms with Crippen molar-refractivity contribution in [2.24, 2.45) is 0 Å². The Morgan fingerprint density at radius 1 is 0.765 bits per heavy atom. The van der Waals surface area contributed by atoms with Gasteiger partial charge in [-0.3, -0.25) is 4.40 Å². The van der Waals surface area contributed by atoms with Crippen LogP contribution in [0.15, 0.2) is 79.0 Å². The molecule has 34 heavy (non-hydrogen) atoms. The lowest BCUT2D eigenvalue weighted by Gasteiger charge is -2.09. The Kier molecular flexibility index (Phi) is 4.80. The lowest BCUT2D eigenvalue weighted by Crippen LogP contribution is -2.00. The Morgan fingerprint density at radius 2 is 1.59 bits per heavy atom. The van der Waals surface area contributed by atoms with E-state index < -0.39 is 0 Å². The summed E-state index contributed by atoms with van der Waals surface area (Å²) in [7, 11) is 0. The molecule has 0 saturated carbocycles. The molecule has 3 heterocycles. The molecule has 1 aliphatic rings. The van der Waals surface area contributed by atoms with Crippen molar-refractivity contribution < 1.29 is 19.7 Å². The maximum Gasteiger partial charge on any atom is 0.231 e. The van der Waals surface area contributed by atoms with Gasteiger partial charge in [0.1, 0.15) is 11.4 Å². The molecule has 0 fully saturated rings. The second-order valence-corrected chi connectivity index (χ2v) is 8.23. The van der Waals surface area contributed by atoms with E-state index in [1.54, 1.807) is 28.8 Å². The molecule has 0 bridgehead atoms. The standard InChI is InChI=1S/C27H21N3O4/c31-20-8-4-7-19(14-20)23-15-30-26(21(28-23)11-17-5-2-1-3-6-17)29-22(27(30)32)12-18-9-10-24-25(13-18)34-16-33-24/h1-10,13-15,31-32H,11-12,16H2. The van der Waals surface area contributed by atoms with E-state index >= 15 is 0 Å². The summed E-state index contributed by atoms with van der Waals surface area (Å²) in [6.07, 6.45) is 2.73. The Balaban J connectivity index is 1.46. The number of rotatable bonds is 5. The fourth-order valence-corrected chi connectivity index (χ4v) is 4.22. The van der Waals surface area contributed by atoms with Crippen molar-refractivity contribution in [3.63, 3.8) is 0 Å². The van der Waals surface area contributed by atoms with Crippen LogP contribution in [0.1, 0.15) is 22.5 Å². The van der Waals surface area contributed by atoms with Gasteiger partial charge in [0, 0.05) is 24.6 Å². The van der Waals surface area contributed by atoms with Crippen molar-refractivity contribution >= 4 is 5.65 Å². The minimum absolute atomic E-state index is 0.0609. The molecule has 0 saturated heterocycles. The number of aromatic nitrogens is 3. The number of imidazole rings is 1. The Hall–Kier alpha value is -4.52. The molecular formula is C27H21N3O4. The zero-order chi connectivity index (χ0) is 23.1. The first-order valence-corrected chi connectivity index (χ1v) is 11.0. The molecule has 0 atom stereocenters. The third-order valence-corrected chi connectivity index (χ3v) is 5.89. The number of hydrogen-bond donors (Lipinski definition) is 2. The molecule has 0 unspecified atom stereocenters. The highest BCUT2D eigenvalue weighted by atomic mass is 16.7. The van der Waals surface area contributed by atoms with E-state index in [4.69, 9.17) is 19.4 Å². The zero-order valence-electron chi connectivity index (χ0n) is 18.2. The lowest BCUT2D eigenvalue weighted by atomic mass is 10.1. The first-order valence-electron chi connectivity index (χ1n) is 11.0. The van der Waals surface area contributed by atoms with Gasteiger partial charge in [0.2, 0.25) is 12.7 Å². The van der Waals surface area contributed by atoms with Gasteiger partial charge >= 0.3 is 0 Å². The highest BCUT2D eigenvalue weighted by Gasteiger charge is 2.20. The number of phenols is 1. The van der Waals surface area contributed by atoms with Crippen molar-refractivity contribution in [1.29, 1.82) is 0 Å². The van der Waals surface area contributed by atoms with Crippen molar-refractivity contribution in [2.45, 2.75) is 12.8 Å². The summed E-state index contributed by atoms with van der Waals surface area (Å²) in [5, 5.41) is 21.1. The van der Waals surface area contributed by atoms with Crippen molar-refractivity contribution in [3.05, 3.63) is 102 Å². The zero-order valence-corrected chi connectivity index (χ0v) is 18.2. The van der Waals surface area contributed by atoms with E-state index in [0.717, 1.165) is 22.4 Å². The molecule has 7 nitrogen and oxygen atoms in total. The third-order valence-electron chi connectivity index (χ3n) is 5.89. The minimum atomic E-state index is 0.0609. The average molecular weight is 451 g/mol. The summed E-state index contributed by atoms with van der Waals surface area (Å²) < 4.78 is 12.6. The van der Waals surface area contributed by atoms with Crippen LogP contribution >= 0.6 is 0 Å². The van der Waals surface area contributed by atoms with Gasteiger partial charge in [-0.05, 0) is 35.4 Å². The van der Waals surface area contributed by atoms with Crippen LogP contribution in [-0.4, -0.2) is 31.4 Å². The molecule has 7 heteroatoms. The van der Waals surface area contributed by atoms with Crippen LogP contribution in [0, 0.1) is 0 Å². The first-order chi connectivity index (χ1) is 16.6. The summed E-state index contributed by atoms with van der Waals surface area (Å²) in [5.41, 5.74) is 5.31. The molecular weight excluding hydrogens is 430 g/mol. The lowest BCUT2D eigenvalue weighted by molar-refractivity contribution is 0.174. The number of aromatic hydroxyl groups is 2. The number of fused-ring (bicyclic) bond motifs is 2. The van der Waals surface area contributed by atoms with E-state index in [9.17, 15) is 10.2 Å². The Bertz CT molecular complexity index is 1510. The molecule has 3 aromatic carbocycles. The molecule has 2 N–H and O–H groups in total. The van der Waals surface area contributed by atoms with Gasteiger partial charge in [0.15, 0.2) is 17.1 Å². The maximum absolute atomic E-state index is 11.1. The molecule has 2 aromatic heterocycles. The van der Waals surface area contributed by atoms with Crippen LogP contribution in [0.25, 0.3) is 16.9 Å². The highest BCUT2D eigenvalue weighted by Crippen LogP contribution is 2.34. The Morgan fingerprint density at radius 3 is 2.44 bits per heavy atom. The topological polar surface area (TPSA) is 89.1 Å². The largest absolute Gasteiger partial charge is 0.508 e. The maximum atomic E-state index is 11.1. The summed E-state index contributed by atoms with van der Waals surface area (Å²) in [6.45, 7) is 0.213. The predicted octanol–water partition coefficient (Wildman–Crippen LogP) is 4.72.